The Hall–Kier alpha value is -3.05. The van der Waals surface area contributed by atoms with E-state index < -0.39 is 12.2 Å². The van der Waals surface area contributed by atoms with E-state index in [2.05, 4.69) is 0 Å². The molecule has 1 aliphatic heterocycles. The molecule has 2 aromatic rings. The van der Waals surface area contributed by atoms with E-state index in [-0.39, 0.29) is 27.0 Å². The van der Waals surface area contributed by atoms with Crippen molar-refractivity contribution in [3.63, 3.8) is 0 Å². The summed E-state index contributed by atoms with van der Waals surface area (Å²) in [5.41, 5.74) is 1.13. The zero-order chi connectivity index (χ0) is 23.6. The summed E-state index contributed by atoms with van der Waals surface area (Å²) in [6.45, 7) is 0.315. The van der Waals surface area contributed by atoms with Crippen LogP contribution in [0.4, 0.5) is 0 Å². The van der Waals surface area contributed by atoms with E-state index in [0.29, 0.717) is 40.6 Å². The summed E-state index contributed by atoms with van der Waals surface area (Å²) < 4.78 is 49.7. The Kier molecular flexibility index (Phi) is 9.14. The Labute approximate surface area is 192 Å². The highest BCUT2D eigenvalue weighted by molar-refractivity contribution is 5.78. The van der Waals surface area contributed by atoms with Crippen LogP contribution >= 0.6 is 0 Å². The molecule has 10 heteroatoms. The van der Waals surface area contributed by atoms with E-state index in [1.165, 1.54) is 21.3 Å². The van der Waals surface area contributed by atoms with E-state index in [9.17, 15) is 4.79 Å². The predicted octanol–water partition coefficient (Wildman–Crippen LogP) is 2.97. The normalized spacial score (nSPS) is 16.8. The first kappa shape index (κ1) is 24.6. The summed E-state index contributed by atoms with van der Waals surface area (Å²) in [6.07, 6.45) is -0.441. The van der Waals surface area contributed by atoms with Crippen LogP contribution in [0.5, 0.6) is 28.7 Å². The van der Waals surface area contributed by atoms with Gasteiger partial charge in [0.25, 0.3) is 0 Å². The van der Waals surface area contributed by atoms with Gasteiger partial charge in [0, 0.05) is 32.5 Å². The number of ether oxygens (including phenoxy) is 9. The van der Waals surface area contributed by atoms with Gasteiger partial charge in [-0.3, -0.25) is 4.79 Å². The molecule has 0 spiro atoms. The highest BCUT2D eigenvalue weighted by atomic mass is 16.7. The van der Waals surface area contributed by atoms with Crippen LogP contribution in [0, 0.1) is 0 Å². The number of benzene rings is 2. The van der Waals surface area contributed by atoms with Gasteiger partial charge in [-0.25, -0.2) is 0 Å². The second-order valence-corrected chi connectivity index (χ2v) is 6.95. The lowest BCUT2D eigenvalue weighted by molar-refractivity contribution is -0.0880. The van der Waals surface area contributed by atoms with Crippen LogP contribution in [0.2, 0.25) is 0 Å². The molecule has 180 valence electrons. The minimum absolute atomic E-state index is 0.0213. The predicted molar refractivity (Wildman–Crippen MR) is 115 cm³/mol. The molecule has 0 fully saturated rings. The van der Waals surface area contributed by atoms with Crippen LogP contribution in [-0.4, -0.2) is 67.8 Å². The van der Waals surface area contributed by atoms with E-state index in [0.717, 1.165) is 5.56 Å². The fourth-order valence-corrected chi connectivity index (χ4v) is 3.28. The molecule has 1 aliphatic rings. The average Bonchev–Trinajstić information content (AvgIpc) is 2.85. The monoisotopic (exact) mass is 464 g/mol. The van der Waals surface area contributed by atoms with Crippen molar-refractivity contribution in [3.8, 4) is 28.7 Å². The highest BCUT2D eigenvalue weighted by Crippen LogP contribution is 2.47. The van der Waals surface area contributed by atoms with Gasteiger partial charge in [-0.1, -0.05) is 6.07 Å². The Bertz CT molecular complexity index is 916. The van der Waals surface area contributed by atoms with Gasteiger partial charge in [-0.15, -0.1) is 0 Å². The first-order valence-corrected chi connectivity index (χ1v) is 10.1. The van der Waals surface area contributed by atoms with Crippen molar-refractivity contribution < 1.29 is 47.4 Å². The fourth-order valence-electron chi connectivity index (χ4n) is 3.28. The number of rotatable bonds is 13. The van der Waals surface area contributed by atoms with Crippen molar-refractivity contribution in [1.29, 1.82) is 0 Å². The molecule has 0 amide bonds. The van der Waals surface area contributed by atoms with Gasteiger partial charge in [-0.05, 0) is 24.3 Å². The maximum Gasteiger partial charge on any atom is 0.204 e. The SMILES string of the molecule is COCOCC1Oc2c(OCOC)cc(C=O)cc2OC1c1ccc(OCOC)c(OC)c1. The summed E-state index contributed by atoms with van der Waals surface area (Å²) in [5, 5.41) is 0. The third-order valence-electron chi connectivity index (χ3n) is 4.70. The minimum Gasteiger partial charge on any atom is -0.493 e. The van der Waals surface area contributed by atoms with Crippen LogP contribution in [0.25, 0.3) is 0 Å². The zero-order valence-corrected chi connectivity index (χ0v) is 19.0. The Morgan fingerprint density at radius 3 is 2.24 bits per heavy atom. The van der Waals surface area contributed by atoms with Crippen molar-refractivity contribution in [2.75, 3.05) is 55.4 Å². The maximum absolute atomic E-state index is 11.5. The van der Waals surface area contributed by atoms with Crippen LogP contribution in [0.3, 0.4) is 0 Å². The topological polar surface area (TPSA) is 100 Å². The summed E-state index contributed by atoms with van der Waals surface area (Å²) in [5.74, 6) is 2.06. The van der Waals surface area contributed by atoms with Gasteiger partial charge < -0.3 is 42.6 Å². The summed E-state index contributed by atoms with van der Waals surface area (Å²) in [6, 6.07) is 8.54. The molecule has 2 unspecified atom stereocenters. The molecule has 0 N–H and O–H groups in total. The molecule has 33 heavy (non-hydrogen) atoms. The largest absolute Gasteiger partial charge is 0.493 e. The molecular formula is C23H28O10. The van der Waals surface area contributed by atoms with Gasteiger partial charge in [0.1, 0.15) is 13.1 Å². The molecule has 0 aliphatic carbocycles. The maximum atomic E-state index is 11.5. The van der Waals surface area contributed by atoms with Crippen molar-refractivity contribution >= 4 is 6.29 Å². The number of methoxy groups -OCH3 is 4. The first-order valence-electron chi connectivity index (χ1n) is 10.1. The molecule has 1 heterocycles. The van der Waals surface area contributed by atoms with Crippen molar-refractivity contribution in [1.82, 2.24) is 0 Å². The molecule has 2 aromatic carbocycles. The molecule has 0 aromatic heterocycles. The molecule has 0 saturated heterocycles. The van der Waals surface area contributed by atoms with Crippen molar-refractivity contribution in [3.05, 3.63) is 41.5 Å². The number of carbonyl (C=O) groups excluding carboxylic acids is 1. The third kappa shape index (κ3) is 6.05. The average molecular weight is 464 g/mol. The van der Waals surface area contributed by atoms with E-state index in [4.69, 9.17) is 42.6 Å². The van der Waals surface area contributed by atoms with Crippen LogP contribution in [0.15, 0.2) is 30.3 Å². The smallest absolute Gasteiger partial charge is 0.204 e. The Morgan fingerprint density at radius 1 is 0.848 bits per heavy atom. The van der Waals surface area contributed by atoms with Crippen molar-refractivity contribution in [2.45, 2.75) is 12.2 Å². The molecule has 2 atom stereocenters. The van der Waals surface area contributed by atoms with Crippen molar-refractivity contribution in [2.24, 2.45) is 0 Å². The second-order valence-electron chi connectivity index (χ2n) is 6.95. The number of hydrogen-bond donors (Lipinski definition) is 0. The number of hydrogen-bond acceptors (Lipinski definition) is 10. The summed E-state index contributed by atoms with van der Waals surface area (Å²) in [4.78, 5) is 11.5. The standard InChI is InChI=1S/C23H28O10/c1-25-12-29-11-21-22(16-5-6-17(30-13-26-2)18(9-16)28-4)32-20-8-15(10-24)7-19(23(20)33-21)31-14-27-3/h5-10,21-22H,11-14H2,1-4H3. The lowest BCUT2D eigenvalue weighted by Gasteiger charge is -2.35. The van der Waals surface area contributed by atoms with E-state index >= 15 is 0 Å². The molecule has 3 rings (SSSR count). The summed E-state index contributed by atoms with van der Waals surface area (Å²) in [7, 11) is 6.11. The molecule has 0 saturated carbocycles. The number of fused-ring (bicyclic) bond motifs is 1. The highest BCUT2D eigenvalue weighted by Gasteiger charge is 2.36. The van der Waals surface area contributed by atoms with Gasteiger partial charge >= 0.3 is 0 Å². The molecule has 0 bridgehead atoms. The Morgan fingerprint density at radius 2 is 1.58 bits per heavy atom. The minimum atomic E-state index is -0.586. The lowest BCUT2D eigenvalue weighted by atomic mass is 10.0. The summed E-state index contributed by atoms with van der Waals surface area (Å²) >= 11 is 0. The second kappa shape index (κ2) is 12.3. The van der Waals surface area contributed by atoms with Gasteiger partial charge in [0.15, 0.2) is 48.8 Å². The lowest BCUT2D eigenvalue weighted by Crippen LogP contribution is -2.37. The molecule has 10 nitrogen and oxygen atoms in total. The zero-order valence-electron chi connectivity index (χ0n) is 19.0. The third-order valence-corrected chi connectivity index (χ3v) is 4.70. The van der Waals surface area contributed by atoms with E-state index in [1.54, 1.807) is 31.4 Å². The number of aldehydes is 1. The fraction of sp³-hybridized carbons (Fsp3) is 0.435. The number of carbonyl (C=O) groups is 1. The molecular weight excluding hydrogens is 436 g/mol. The van der Waals surface area contributed by atoms with Crippen LogP contribution < -0.4 is 23.7 Å². The van der Waals surface area contributed by atoms with Gasteiger partial charge in [0.05, 0.1) is 13.7 Å². The van der Waals surface area contributed by atoms with Crippen LogP contribution in [0.1, 0.15) is 22.0 Å². The van der Waals surface area contributed by atoms with Gasteiger partial charge in [-0.2, -0.15) is 0 Å². The first-order chi connectivity index (χ1) is 16.1. The Balaban J connectivity index is 1.97. The van der Waals surface area contributed by atoms with E-state index in [1.807, 2.05) is 6.07 Å². The quantitative estimate of drug-likeness (QED) is 0.250. The van der Waals surface area contributed by atoms with Crippen LogP contribution in [-0.2, 0) is 18.9 Å². The van der Waals surface area contributed by atoms with Gasteiger partial charge in [0.2, 0.25) is 5.75 Å². The molecule has 0 radical (unpaired) electrons.